The zero-order chi connectivity index (χ0) is 15.1. The van der Waals surface area contributed by atoms with Gasteiger partial charge in [-0.15, -0.1) is 16.8 Å². The molecule has 1 heterocycles. The lowest BCUT2D eigenvalue weighted by Crippen LogP contribution is -2.25. The van der Waals surface area contributed by atoms with Crippen molar-refractivity contribution in [2.75, 3.05) is 18.0 Å². The Bertz CT molecular complexity index is 595. The number of amides is 1. The van der Waals surface area contributed by atoms with E-state index in [-0.39, 0.29) is 5.91 Å². The predicted octanol–water partition coefficient (Wildman–Crippen LogP) is 2.55. The van der Waals surface area contributed by atoms with Crippen LogP contribution < -0.4 is 10.2 Å². The Morgan fingerprint density at radius 1 is 1.24 bits per heavy atom. The van der Waals surface area contributed by atoms with Gasteiger partial charge in [0.2, 0.25) is 0 Å². The number of anilines is 2. The molecule has 1 amide bonds. The molecule has 0 atom stereocenters. The van der Waals surface area contributed by atoms with Crippen molar-refractivity contribution in [3.05, 3.63) is 60.8 Å². The Balaban J connectivity index is 2.17. The average Bonchev–Trinajstić information content (AvgIpc) is 2.55. The molecule has 0 fully saturated rings. The van der Waals surface area contributed by atoms with E-state index in [1.165, 1.54) is 0 Å². The van der Waals surface area contributed by atoms with Gasteiger partial charge in [-0.1, -0.05) is 24.3 Å². The van der Waals surface area contributed by atoms with Crippen molar-refractivity contribution < 1.29 is 4.79 Å². The minimum absolute atomic E-state index is 0.253. The van der Waals surface area contributed by atoms with Gasteiger partial charge in [-0.05, 0) is 31.2 Å². The molecule has 5 heteroatoms. The van der Waals surface area contributed by atoms with Crippen molar-refractivity contribution in [2.24, 2.45) is 0 Å². The summed E-state index contributed by atoms with van der Waals surface area (Å²) in [6.07, 6.45) is 1.62. The molecule has 1 aromatic heterocycles. The van der Waals surface area contributed by atoms with Gasteiger partial charge in [0.25, 0.3) is 5.91 Å². The van der Waals surface area contributed by atoms with E-state index in [9.17, 15) is 4.79 Å². The molecule has 1 N–H and O–H groups in total. The molecule has 5 nitrogen and oxygen atoms in total. The number of nitrogens with one attached hydrogen (secondary N) is 1. The third-order valence-electron chi connectivity index (χ3n) is 2.95. The third kappa shape index (κ3) is 3.66. The Hall–Kier alpha value is -2.69. The SMILES string of the molecule is C=CCNC(=O)c1ccc(N(CC)c2ccccc2)nn1. The molecule has 0 bridgehead atoms. The Kier molecular flexibility index (Phi) is 5.04. The summed E-state index contributed by atoms with van der Waals surface area (Å²) in [4.78, 5) is 13.8. The highest BCUT2D eigenvalue weighted by molar-refractivity contribution is 5.92. The lowest BCUT2D eigenvalue weighted by atomic mass is 10.2. The highest BCUT2D eigenvalue weighted by Gasteiger charge is 2.11. The zero-order valence-corrected chi connectivity index (χ0v) is 12.0. The molecule has 0 radical (unpaired) electrons. The van der Waals surface area contributed by atoms with Crippen molar-refractivity contribution in [1.29, 1.82) is 0 Å². The van der Waals surface area contributed by atoms with E-state index in [1.807, 2.05) is 42.2 Å². The van der Waals surface area contributed by atoms with E-state index >= 15 is 0 Å². The number of rotatable bonds is 6. The molecule has 21 heavy (non-hydrogen) atoms. The highest BCUT2D eigenvalue weighted by Crippen LogP contribution is 2.21. The molecular formula is C16H18N4O. The van der Waals surface area contributed by atoms with Crippen LogP contribution in [0.1, 0.15) is 17.4 Å². The van der Waals surface area contributed by atoms with Crippen molar-refractivity contribution in [1.82, 2.24) is 15.5 Å². The van der Waals surface area contributed by atoms with E-state index in [0.717, 1.165) is 12.2 Å². The van der Waals surface area contributed by atoms with Crippen LogP contribution in [-0.2, 0) is 0 Å². The second-order valence-corrected chi connectivity index (χ2v) is 4.36. The first-order chi connectivity index (χ1) is 10.3. The van der Waals surface area contributed by atoms with Crippen LogP contribution in [0, 0.1) is 0 Å². The summed E-state index contributed by atoms with van der Waals surface area (Å²) >= 11 is 0. The van der Waals surface area contributed by atoms with Crippen molar-refractivity contribution in [3.8, 4) is 0 Å². The third-order valence-corrected chi connectivity index (χ3v) is 2.95. The number of carbonyl (C=O) groups is 1. The summed E-state index contributed by atoms with van der Waals surface area (Å²) < 4.78 is 0. The van der Waals surface area contributed by atoms with Gasteiger partial charge in [-0.2, -0.15) is 0 Å². The molecule has 108 valence electrons. The highest BCUT2D eigenvalue weighted by atomic mass is 16.1. The van der Waals surface area contributed by atoms with Gasteiger partial charge < -0.3 is 10.2 Å². The first-order valence-electron chi connectivity index (χ1n) is 6.81. The summed E-state index contributed by atoms with van der Waals surface area (Å²) in [5, 5.41) is 10.8. The minimum Gasteiger partial charge on any atom is -0.347 e. The molecule has 1 aromatic carbocycles. The second-order valence-electron chi connectivity index (χ2n) is 4.36. The number of carbonyl (C=O) groups excluding carboxylic acids is 1. The average molecular weight is 282 g/mol. The number of hydrogen-bond acceptors (Lipinski definition) is 4. The van der Waals surface area contributed by atoms with Gasteiger partial charge in [0.05, 0.1) is 0 Å². The number of benzene rings is 1. The van der Waals surface area contributed by atoms with Gasteiger partial charge in [0.1, 0.15) is 0 Å². The van der Waals surface area contributed by atoms with Crippen LogP contribution in [0.3, 0.4) is 0 Å². The van der Waals surface area contributed by atoms with Crippen LogP contribution in [-0.4, -0.2) is 29.2 Å². The second kappa shape index (κ2) is 7.19. The van der Waals surface area contributed by atoms with Crippen LogP contribution in [0.5, 0.6) is 0 Å². The molecular weight excluding hydrogens is 264 g/mol. The topological polar surface area (TPSA) is 58.1 Å². The molecule has 0 saturated carbocycles. The van der Waals surface area contributed by atoms with Crippen LogP contribution in [0.25, 0.3) is 0 Å². The summed E-state index contributed by atoms with van der Waals surface area (Å²) in [6.45, 7) is 6.77. The normalized spacial score (nSPS) is 9.95. The quantitative estimate of drug-likeness (QED) is 0.827. The fourth-order valence-electron chi connectivity index (χ4n) is 1.93. The Morgan fingerprint density at radius 3 is 2.57 bits per heavy atom. The number of nitrogens with zero attached hydrogens (tertiary/aromatic N) is 3. The van der Waals surface area contributed by atoms with E-state index in [0.29, 0.717) is 18.1 Å². The molecule has 0 saturated heterocycles. The number of hydrogen-bond donors (Lipinski definition) is 1. The van der Waals surface area contributed by atoms with Crippen LogP contribution in [0.2, 0.25) is 0 Å². The Labute approximate surface area is 124 Å². The minimum atomic E-state index is -0.253. The molecule has 0 unspecified atom stereocenters. The van der Waals surface area contributed by atoms with E-state index in [1.54, 1.807) is 18.2 Å². The number of aromatic nitrogens is 2. The van der Waals surface area contributed by atoms with Crippen LogP contribution in [0.4, 0.5) is 11.5 Å². The summed E-state index contributed by atoms with van der Waals surface area (Å²) in [7, 11) is 0. The zero-order valence-electron chi connectivity index (χ0n) is 12.0. The first kappa shape index (κ1) is 14.7. The van der Waals surface area contributed by atoms with Crippen LogP contribution >= 0.6 is 0 Å². The molecule has 0 spiro atoms. The molecule has 2 aromatic rings. The fraction of sp³-hybridized carbons (Fsp3) is 0.188. The first-order valence-corrected chi connectivity index (χ1v) is 6.81. The van der Waals surface area contributed by atoms with Crippen molar-refractivity contribution in [2.45, 2.75) is 6.92 Å². The van der Waals surface area contributed by atoms with Gasteiger partial charge >= 0.3 is 0 Å². The number of para-hydroxylation sites is 1. The molecule has 0 aliphatic rings. The summed E-state index contributed by atoms with van der Waals surface area (Å²) in [5.41, 5.74) is 1.34. The lowest BCUT2D eigenvalue weighted by Gasteiger charge is -2.21. The van der Waals surface area contributed by atoms with Gasteiger partial charge in [0.15, 0.2) is 11.5 Å². The maximum atomic E-state index is 11.7. The van der Waals surface area contributed by atoms with E-state index < -0.39 is 0 Å². The smallest absolute Gasteiger partial charge is 0.272 e. The van der Waals surface area contributed by atoms with E-state index in [4.69, 9.17) is 0 Å². The van der Waals surface area contributed by atoms with Crippen molar-refractivity contribution in [3.63, 3.8) is 0 Å². The van der Waals surface area contributed by atoms with Gasteiger partial charge in [-0.3, -0.25) is 4.79 Å². The standard InChI is InChI=1S/C16H18N4O/c1-3-12-17-16(21)14-10-11-15(19-18-14)20(4-2)13-8-6-5-7-9-13/h3,5-11H,1,4,12H2,2H3,(H,17,21). The Morgan fingerprint density at radius 2 is 2.00 bits per heavy atom. The lowest BCUT2D eigenvalue weighted by molar-refractivity contribution is 0.0952. The van der Waals surface area contributed by atoms with Crippen LogP contribution in [0.15, 0.2) is 55.1 Å². The molecule has 0 aliphatic heterocycles. The van der Waals surface area contributed by atoms with Crippen molar-refractivity contribution >= 4 is 17.4 Å². The molecule has 2 rings (SSSR count). The van der Waals surface area contributed by atoms with Gasteiger partial charge in [-0.25, -0.2) is 0 Å². The maximum absolute atomic E-state index is 11.7. The van der Waals surface area contributed by atoms with Gasteiger partial charge in [0, 0.05) is 18.8 Å². The van der Waals surface area contributed by atoms with E-state index in [2.05, 4.69) is 22.1 Å². The maximum Gasteiger partial charge on any atom is 0.272 e. The summed E-state index contributed by atoms with van der Waals surface area (Å²) in [5.74, 6) is 0.459. The fourth-order valence-corrected chi connectivity index (χ4v) is 1.93. The largest absolute Gasteiger partial charge is 0.347 e. The monoisotopic (exact) mass is 282 g/mol. The molecule has 0 aliphatic carbocycles. The summed E-state index contributed by atoms with van der Waals surface area (Å²) in [6, 6.07) is 13.4. The predicted molar refractivity (Wildman–Crippen MR) is 83.7 cm³/mol.